The summed E-state index contributed by atoms with van der Waals surface area (Å²) in [5.41, 5.74) is 8.19. The maximum Gasteiger partial charge on any atom is 0.361 e. The van der Waals surface area contributed by atoms with Gasteiger partial charge in [0.15, 0.2) is 0 Å². The maximum absolute atomic E-state index is 13.4. The molecule has 5 heteroatoms. The second-order valence-electron chi connectivity index (χ2n) is 5.61. The molecule has 0 unspecified atom stereocenters. The number of rotatable bonds is 7. The Morgan fingerprint density at radius 3 is 1.56 bits per heavy atom. The lowest BCUT2D eigenvalue weighted by Gasteiger charge is -2.19. The van der Waals surface area contributed by atoms with Crippen molar-refractivity contribution >= 4 is 18.6 Å². The van der Waals surface area contributed by atoms with Gasteiger partial charge in [-0.3, -0.25) is 4.57 Å². The van der Waals surface area contributed by atoms with Gasteiger partial charge in [-0.15, -0.1) is 0 Å². The van der Waals surface area contributed by atoms with Crippen LogP contribution in [0.5, 0.6) is 0 Å². The van der Waals surface area contributed by atoms with E-state index in [2.05, 4.69) is 0 Å². The fourth-order valence-corrected chi connectivity index (χ4v) is 3.84. The Balaban J connectivity index is 1.79. The number of hydrogen-bond acceptors (Lipinski definition) is 4. The van der Waals surface area contributed by atoms with E-state index in [1.165, 1.54) is 0 Å². The molecule has 0 radical (unpaired) electrons. The second kappa shape index (κ2) is 8.13. The summed E-state index contributed by atoms with van der Waals surface area (Å²) in [4.78, 5) is 0. The molecule has 3 aromatic rings. The molecule has 0 spiro atoms. The quantitative estimate of drug-likeness (QED) is 0.501. The number of benzene rings is 3. The van der Waals surface area contributed by atoms with Crippen molar-refractivity contribution in [3.63, 3.8) is 0 Å². The summed E-state index contributed by atoms with van der Waals surface area (Å²) in [5.74, 6) is 0. The first-order chi connectivity index (χ1) is 12.2. The van der Waals surface area contributed by atoms with E-state index in [1.54, 1.807) is 24.3 Å². The molecule has 0 saturated heterocycles. The monoisotopic (exact) mass is 353 g/mol. The Bertz CT molecular complexity index is 788. The van der Waals surface area contributed by atoms with E-state index in [1.807, 2.05) is 60.7 Å². The number of nitrogens with two attached hydrogens (primary N) is 1. The minimum Gasteiger partial charge on any atom is -0.399 e. The topological polar surface area (TPSA) is 61.6 Å². The van der Waals surface area contributed by atoms with Crippen molar-refractivity contribution in [1.82, 2.24) is 0 Å². The highest BCUT2D eigenvalue weighted by atomic mass is 31.2. The Morgan fingerprint density at radius 2 is 1.12 bits per heavy atom. The number of nitrogen functional groups attached to an aromatic ring is 1. The van der Waals surface area contributed by atoms with Gasteiger partial charge in [0.1, 0.15) is 0 Å². The Morgan fingerprint density at radius 1 is 0.680 bits per heavy atom. The van der Waals surface area contributed by atoms with Gasteiger partial charge in [-0.05, 0) is 35.4 Å². The van der Waals surface area contributed by atoms with Crippen molar-refractivity contribution < 1.29 is 13.6 Å². The van der Waals surface area contributed by atoms with Crippen LogP contribution < -0.4 is 11.0 Å². The number of hydrogen-bond donors (Lipinski definition) is 1. The van der Waals surface area contributed by atoms with E-state index >= 15 is 0 Å². The second-order valence-corrected chi connectivity index (χ2v) is 7.63. The minimum absolute atomic E-state index is 0.206. The zero-order valence-electron chi connectivity index (χ0n) is 13.7. The van der Waals surface area contributed by atoms with E-state index in [-0.39, 0.29) is 13.2 Å². The fraction of sp³-hybridized carbons (Fsp3) is 0.100. The van der Waals surface area contributed by atoms with Gasteiger partial charge in [-0.1, -0.05) is 60.7 Å². The lowest BCUT2D eigenvalue weighted by Crippen LogP contribution is -2.11. The third-order valence-electron chi connectivity index (χ3n) is 3.70. The molecule has 3 aromatic carbocycles. The highest BCUT2D eigenvalue weighted by Gasteiger charge is 2.28. The van der Waals surface area contributed by atoms with Crippen LogP contribution in [0, 0.1) is 0 Å². The van der Waals surface area contributed by atoms with E-state index in [9.17, 15) is 4.57 Å². The molecule has 0 bridgehead atoms. The van der Waals surface area contributed by atoms with Crippen molar-refractivity contribution in [2.75, 3.05) is 5.73 Å². The van der Waals surface area contributed by atoms with Crippen LogP contribution in [0.3, 0.4) is 0 Å². The Hall–Kier alpha value is -2.39. The molecule has 4 nitrogen and oxygen atoms in total. The minimum atomic E-state index is -3.48. The molecule has 0 aliphatic heterocycles. The van der Waals surface area contributed by atoms with Crippen molar-refractivity contribution in [3.8, 4) is 0 Å². The normalized spacial score (nSPS) is 11.4. The van der Waals surface area contributed by atoms with Crippen LogP contribution in [0.1, 0.15) is 11.1 Å². The van der Waals surface area contributed by atoms with Gasteiger partial charge in [-0.2, -0.15) is 0 Å². The molecule has 0 aliphatic rings. The summed E-state index contributed by atoms with van der Waals surface area (Å²) in [7, 11) is -3.48. The van der Waals surface area contributed by atoms with Gasteiger partial charge in [0, 0.05) is 5.69 Å². The average Bonchev–Trinajstić information content (AvgIpc) is 2.67. The molecule has 25 heavy (non-hydrogen) atoms. The zero-order chi connectivity index (χ0) is 17.5. The highest BCUT2D eigenvalue weighted by Crippen LogP contribution is 2.48. The SMILES string of the molecule is Nc1ccc(P(=O)(OCc2ccccc2)OCc2ccccc2)cc1. The van der Waals surface area contributed by atoms with Gasteiger partial charge < -0.3 is 14.8 Å². The molecule has 0 atom stereocenters. The van der Waals surface area contributed by atoms with Gasteiger partial charge in [0.25, 0.3) is 0 Å². The first-order valence-electron chi connectivity index (χ1n) is 7.99. The summed E-state index contributed by atoms with van der Waals surface area (Å²) < 4.78 is 24.9. The van der Waals surface area contributed by atoms with Crippen LogP contribution in [0.4, 0.5) is 5.69 Å². The summed E-state index contributed by atoms with van der Waals surface area (Å²) in [5, 5.41) is 0.494. The molecule has 2 N–H and O–H groups in total. The molecule has 0 aliphatic carbocycles. The van der Waals surface area contributed by atoms with E-state index in [0.717, 1.165) is 11.1 Å². The third kappa shape index (κ3) is 4.80. The molecule has 0 fully saturated rings. The van der Waals surface area contributed by atoms with Crippen LogP contribution in [0.2, 0.25) is 0 Å². The molecular weight excluding hydrogens is 333 g/mol. The van der Waals surface area contributed by atoms with Crippen LogP contribution in [-0.4, -0.2) is 0 Å². The third-order valence-corrected chi connectivity index (χ3v) is 5.57. The maximum atomic E-state index is 13.4. The molecule has 0 heterocycles. The summed E-state index contributed by atoms with van der Waals surface area (Å²) in [6.45, 7) is 0.411. The zero-order valence-corrected chi connectivity index (χ0v) is 14.6. The average molecular weight is 353 g/mol. The van der Waals surface area contributed by atoms with E-state index in [0.29, 0.717) is 11.0 Å². The lowest BCUT2D eigenvalue weighted by atomic mass is 10.2. The van der Waals surface area contributed by atoms with E-state index in [4.69, 9.17) is 14.8 Å². The van der Waals surface area contributed by atoms with Gasteiger partial charge >= 0.3 is 7.60 Å². The lowest BCUT2D eigenvalue weighted by molar-refractivity contribution is 0.200. The smallest absolute Gasteiger partial charge is 0.361 e. The first-order valence-corrected chi connectivity index (χ1v) is 9.53. The van der Waals surface area contributed by atoms with Gasteiger partial charge in [0.05, 0.1) is 18.5 Å². The molecule has 3 rings (SSSR count). The summed E-state index contributed by atoms with van der Waals surface area (Å²) >= 11 is 0. The largest absolute Gasteiger partial charge is 0.399 e. The van der Waals surface area contributed by atoms with Crippen molar-refractivity contribution in [2.24, 2.45) is 0 Å². The van der Waals surface area contributed by atoms with Gasteiger partial charge in [-0.25, -0.2) is 0 Å². The Labute approximate surface area is 147 Å². The fourth-order valence-electron chi connectivity index (χ4n) is 2.31. The van der Waals surface area contributed by atoms with E-state index < -0.39 is 7.60 Å². The van der Waals surface area contributed by atoms with Crippen LogP contribution in [0.15, 0.2) is 84.9 Å². The number of anilines is 1. The molecular formula is C20H20NO3P. The van der Waals surface area contributed by atoms with Crippen molar-refractivity contribution in [2.45, 2.75) is 13.2 Å². The molecule has 128 valence electrons. The van der Waals surface area contributed by atoms with Crippen LogP contribution in [0.25, 0.3) is 0 Å². The predicted molar refractivity (Wildman–Crippen MR) is 101 cm³/mol. The molecule has 0 aromatic heterocycles. The van der Waals surface area contributed by atoms with Crippen LogP contribution >= 0.6 is 7.60 Å². The van der Waals surface area contributed by atoms with Gasteiger partial charge in [0.2, 0.25) is 0 Å². The molecule has 0 saturated carbocycles. The summed E-state index contributed by atoms with van der Waals surface area (Å²) in [6, 6.07) is 26.0. The first kappa shape index (κ1) is 17.4. The predicted octanol–water partition coefficient (Wildman–Crippen LogP) is 4.52. The summed E-state index contributed by atoms with van der Waals surface area (Å²) in [6.07, 6.45) is 0. The van der Waals surface area contributed by atoms with Crippen molar-refractivity contribution in [1.29, 1.82) is 0 Å². The van der Waals surface area contributed by atoms with Crippen LogP contribution in [-0.2, 0) is 26.8 Å². The highest BCUT2D eigenvalue weighted by molar-refractivity contribution is 7.62. The standard InChI is InChI=1S/C20H20NO3P/c21-19-11-13-20(14-12-19)25(22,23-15-17-7-3-1-4-8-17)24-16-18-9-5-2-6-10-18/h1-14H,15-16,21H2. The molecule has 0 amide bonds. The van der Waals surface area contributed by atoms with Crippen molar-refractivity contribution in [3.05, 3.63) is 96.1 Å². The Kier molecular flexibility index (Phi) is 5.67.